The van der Waals surface area contributed by atoms with Crippen molar-refractivity contribution in [1.82, 2.24) is 9.80 Å². The minimum atomic E-state index is -0.303. The number of hydrogen-bond donors (Lipinski definition) is 0. The van der Waals surface area contributed by atoms with Crippen molar-refractivity contribution in [3.63, 3.8) is 0 Å². The Labute approximate surface area is 172 Å². The standard InChI is InChI=1S/C25H28N2O2/c28-23(19-20-9-7-8-10-20)26-15-17-27(18-16-26)25(29)24(21-11-3-1-4-12-21)22-13-5-2-6-14-22/h1-7,9,11-14,20,24H,8,10,15-19H2/t20-/m0/s1. The van der Waals surface area contributed by atoms with Crippen LogP contribution in [0.1, 0.15) is 36.3 Å². The molecule has 1 aliphatic heterocycles. The van der Waals surface area contributed by atoms with Crippen LogP contribution < -0.4 is 0 Å². The number of amides is 2. The van der Waals surface area contributed by atoms with Gasteiger partial charge in [0, 0.05) is 32.6 Å². The molecule has 2 aromatic carbocycles. The van der Waals surface area contributed by atoms with Crippen molar-refractivity contribution in [1.29, 1.82) is 0 Å². The maximum Gasteiger partial charge on any atom is 0.234 e. The number of hydrogen-bond acceptors (Lipinski definition) is 2. The van der Waals surface area contributed by atoms with Gasteiger partial charge in [-0.05, 0) is 29.9 Å². The van der Waals surface area contributed by atoms with Gasteiger partial charge in [0.2, 0.25) is 11.8 Å². The molecule has 4 heteroatoms. The molecule has 0 bridgehead atoms. The van der Waals surface area contributed by atoms with E-state index < -0.39 is 0 Å². The fourth-order valence-electron chi connectivity index (χ4n) is 4.35. The molecule has 29 heavy (non-hydrogen) atoms. The van der Waals surface area contributed by atoms with E-state index in [0.717, 1.165) is 24.0 Å². The lowest BCUT2D eigenvalue weighted by Gasteiger charge is -2.37. The Balaban J connectivity index is 1.43. The summed E-state index contributed by atoms with van der Waals surface area (Å²) in [6, 6.07) is 19.9. The topological polar surface area (TPSA) is 40.6 Å². The number of allylic oxidation sites excluding steroid dienone is 2. The van der Waals surface area contributed by atoms with E-state index >= 15 is 0 Å². The van der Waals surface area contributed by atoms with Gasteiger partial charge < -0.3 is 9.80 Å². The molecule has 0 unspecified atom stereocenters. The van der Waals surface area contributed by atoms with Crippen LogP contribution in [0, 0.1) is 5.92 Å². The highest BCUT2D eigenvalue weighted by atomic mass is 16.2. The van der Waals surface area contributed by atoms with E-state index in [1.807, 2.05) is 70.5 Å². The van der Waals surface area contributed by atoms with E-state index in [9.17, 15) is 9.59 Å². The molecule has 1 fully saturated rings. The first-order valence-electron chi connectivity index (χ1n) is 10.6. The molecular weight excluding hydrogens is 360 g/mol. The van der Waals surface area contributed by atoms with Crippen molar-refractivity contribution in [3.05, 3.63) is 83.9 Å². The second-order valence-electron chi connectivity index (χ2n) is 7.93. The predicted molar refractivity (Wildman–Crippen MR) is 114 cm³/mol. The number of carbonyl (C=O) groups is 2. The third kappa shape index (κ3) is 4.58. The molecule has 0 radical (unpaired) electrons. The van der Waals surface area contributed by atoms with E-state index in [-0.39, 0.29) is 17.7 Å². The van der Waals surface area contributed by atoms with Gasteiger partial charge >= 0.3 is 0 Å². The number of carbonyl (C=O) groups excluding carboxylic acids is 2. The predicted octanol–water partition coefficient (Wildman–Crippen LogP) is 3.85. The molecule has 4 rings (SSSR count). The van der Waals surface area contributed by atoms with Crippen molar-refractivity contribution < 1.29 is 9.59 Å². The van der Waals surface area contributed by atoms with E-state index in [1.165, 1.54) is 0 Å². The fourth-order valence-corrected chi connectivity index (χ4v) is 4.35. The van der Waals surface area contributed by atoms with Crippen LogP contribution in [0.15, 0.2) is 72.8 Å². The van der Waals surface area contributed by atoms with Gasteiger partial charge in [0.1, 0.15) is 0 Å². The number of rotatable bonds is 5. The minimum absolute atomic E-state index is 0.119. The van der Waals surface area contributed by atoms with Gasteiger partial charge in [0.05, 0.1) is 5.92 Å². The molecule has 4 nitrogen and oxygen atoms in total. The zero-order chi connectivity index (χ0) is 20.1. The summed E-state index contributed by atoms with van der Waals surface area (Å²) in [4.78, 5) is 29.9. The molecular formula is C25H28N2O2. The van der Waals surface area contributed by atoms with Crippen molar-refractivity contribution in [3.8, 4) is 0 Å². The highest BCUT2D eigenvalue weighted by Crippen LogP contribution is 2.28. The minimum Gasteiger partial charge on any atom is -0.339 e. The Morgan fingerprint density at radius 1 is 0.828 bits per heavy atom. The Bertz CT molecular complexity index is 815. The van der Waals surface area contributed by atoms with E-state index in [2.05, 4.69) is 12.2 Å². The lowest BCUT2D eigenvalue weighted by Crippen LogP contribution is -2.51. The molecule has 0 saturated carbocycles. The molecule has 150 valence electrons. The highest BCUT2D eigenvalue weighted by molar-refractivity contribution is 5.87. The van der Waals surface area contributed by atoms with Crippen molar-refractivity contribution in [2.45, 2.75) is 25.2 Å². The summed E-state index contributed by atoms with van der Waals surface area (Å²) < 4.78 is 0. The first-order chi connectivity index (χ1) is 14.2. The third-order valence-electron chi connectivity index (χ3n) is 6.01. The van der Waals surface area contributed by atoms with Gasteiger partial charge in [-0.15, -0.1) is 0 Å². The molecule has 2 aliphatic rings. The zero-order valence-electron chi connectivity index (χ0n) is 16.7. The monoisotopic (exact) mass is 388 g/mol. The number of piperazine rings is 1. The Kier molecular flexibility index (Phi) is 6.09. The van der Waals surface area contributed by atoms with Crippen molar-refractivity contribution >= 4 is 11.8 Å². The van der Waals surface area contributed by atoms with Gasteiger partial charge in [-0.1, -0.05) is 72.8 Å². The molecule has 0 spiro atoms. The number of benzene rings is 2. The van der Waals surface area contributed by atoms with Crippen LogP contribution >= 0.6 is 0 Å². The average molecular weight is 389 g/mol. The molecule has 1 heterocycles. The summed E-state index contributed by atoms with van der Waals surface area (Å²) in [6.45, 7) is 2.44. The molecule has 1 atom stereocenters. The summed E-state index contributed by atoms with van der Waals surface area (Å²) in [6.07, 6.45) is 7.10. The fraction of sp³-hybridized carbons (Fsp3) is 0.360. The van der Waals surface area contributed by atoms with E-state index in [0.29, 0.717) is 38.5 Å². The summed E-state index contributed by atoms with van der Waals surface area (Å²) in [5.74, 6) is 0.426. The van der Waals surface area contributed by atoms with Crippen LogP contribution in [-0.2, 0) is 9.59 Å². The SMILES string of the molecule is O=C(C[C@H]1C=CCC1)N1CCN(C(=O)C(c2ccccc2)c2ccccc2)CC1. The van der Waals surface area contributed by atoms with Crippen molar-refractivity contribution in [2.75, 3.05) is 26.2 Å². The molecule has 2 aromatic rings. The van der Waals surface area contributed by atoms with Crippen LogP contribution in [0.5, 0.6) is 0 Å². The second-order valence-corrected chi connectivity index (χ2v) is 7.93. The third-order valence-corrected chi connectivity index (χ3v) is 6.01. The first kappa shape index (κ1) is 19.4. The molecule has 2 amide bonds. The Morgan fingerprint density at radius 3 is 1.90 bits per heavy atom. The van der Waals surface area contributed by atoms with Crippen LogP contribution in [0.25, 0.3) is 0 Å². The molecule has 0 N–H and O–H groups in total. The summed E-state index contributed by atoms with van der Waals surface area (Å²) in [5.41, 5.74) is 2.02. The summed E-state index contributed by atoms with van der Waals surface area (Å²) >= 11 is 0. The zero-order valence-corrected chi connectivity index (χ0v) is 16.7. The van der Waals surface area contributed by atoms with Crippen molar-refractivity contribution in [2.24, 2.45) is 5.92 Å². The maximum atomic E-state index is 13.5. The van der Waals surface area contributed by atoms with Crippen LogP contribution in [0.2, 0.25) is 0 Å². The summed E-state index contributed by atoms with van der Waals surface area (Å²) in [5, 5.41) is 0. The molecule has 1 aliphatic carbocycles. The average Bonchev–Trinajstić information content (AvgIpc) is 3.28. The van der Waals surface area contributed by atoms with Crippen LogP contribution in [0.3, 0.4) is 0 Å². The van der Waals surface area contributed by atoms with Crippen LogP contribution in [-0.4, -0.2) is 47.8 Å². The maximum absolute atomic E-state index is 13.5. The van der Waals surface area contributed by atoms with Crippen LogP contribution in [0.4, 0.5) is 0 Å². The van der Waals surface area contributed by atoms with E-state index in [4.69, 9.17) is 0 Å². The van der Waals surface area contributed by atoms with Gasteiger partial charge in [0.15, 0.2) is 0 Å². The lowest BCUT2D eigenvalue weighted by molar-refractivity contribution is -0.140. The van der Waals surface area contributed by atoms with E-state index in [1.54, 1.807) is 0 Å². The highest BCUT2D eigenvalue weighted by Gasteiger charge is 2.31. The normalized spacial score (nSPS) is 19.0. The Hall–Kier alpha value is -2.88. The van der Waals surface area contributed by atoms with Gasteiger partial charge in [0.25, 0.3) is 0 Å². The first-order valence-corrected chi connectivity index (χ1v) is 10.6. The molecule has 1 saturated heterocycles. The second kappa shape index (κ2) is 9.08. The van der Waals surface area contributed by atoms with Gasteiger partial charge in [-0.3, -0.25) is 9.59 Å². The summed E-state index contributed by atoms with van der Waals surface area (Å²) in [7, 11) is 0. The van der Waals surface area contributed by atoms with Gasteiger partial charge in [-0.2, -0.15) is 0 Å². The quantitative estimate of drug-likeness (QED) is 0.730. The number of nitrogens with zero attached hydrogens (tertiary/aromatic N) is 2. The lowest BCUT2D eigenvalue weighted by atomic mass is 9.90. The molecule has 0 aromatic heterocycles. The largest absolute Gasteiger partial charge is 0.339 e. The smallest absolute Gasteiger partial charge is 0.234 e. The Morgan fingerprint density at radius 2 is 1.38 bits per heavy atom. The van der Waals surface area contributed by atoms with Gasteiger partial charge in [-0.25, -0.2) is 0 Å².